The summed E-state index contributed by atoms with van der Waals surface area (Å²) in [4.78, 5) is 1.68. The summed E-state index contributed by atoms with van der Waals surface area (Å²) in [6.07, 6.45) is -6.44. The molecule has 98 valence electrons. The van der Waals surface area contributed by atoms with E-state index in [4.69, 9.17) is 0 Å². The monoisotopic (exact) mass is 266 g/mol. The third-order valence-electron chi connectivity index (χ3n) is 2.40. The maximum Gasteiger partial charge on any atom is 0.389 e. The molecule has 0 aliphatic carbocycles. The number of aliphatic hydroxyl groups is 1. The van der Waals surface area contributed by atoms with Gasteiger partial charge in [0.2, 0.25) is 0 Å². The highest BCUT2D eigenvalue weighted by Crippen LogP contribution is 2.35. The highest BCUT2D eigenvalue weighted by Gasteiger charge is 2.28. The molecule has 1 N–H and O–H groups in total. The lowest BCUT2D eigenvalue weighted by Crippen LogP contribution is -2.09. The van der Waals surface area contributed by atoms with Crippen molar-refractivity contribution < 1.29 is 18.3 Å². The second kappa shape index (κ2) is 4.98. The zero-order chi connectivity index (χ0) is 13.3. The molecule has 0 fully saturated rings. The Hall–Kier alpha value is -0.550. The summed E-state index contributed by atoms with van der Waals surface area (Å²) < 4.78 is 36.1. The molecule has 0 saturated carbocycles. The van der Waals surface area contributed by atoms with Gasteiger partial charge in [-0.25, -0.2) is 0 Å². The average molecular weight is 266 g/mol. The molecule has 0 saturated heterocycles. The average Bonchev–Trinajstić information content (AvgIpc) is 2.60. The van der Waals surface area contributed by atoms with Crippen molar-refractivity contribution in [2.24, 2.45) is 0 Å². The van der Waals surface area contributed by atoms with Crippen LogP contribution in [0.15, 0.2) is 12.1 Å². The number of hydrogen-bond donors (Lipinski definition) is 1. The zero-order valence-electron chi connectivity index (χ0n) is 10.1. The Bertz CT molecular complexity index is 363. The Morgan fingerprint density at radius 2 is 1.82 bits per heavy atom. The van der Waals surface area contributed by atoms with Crippen LogP contribution in [0.3, 0.4) is 0 Å². The molecule has 0 aliphatic rings. The van der Waals surface area contributed by atoms with Crippen LogP contribution in [0.2, 0.25) is 0 Å². The molecule has 1 aromatic heterocycles. The third kappa shape index (κ3) is 4.68. The molecule has 1 unspecified atom stereocenters. The minimum Gasteiger partial charge on any atom is -0.388 e. The Balaban J connectivity index is 2.64. The van der Waals surface area contributed by atoms with Crippen LogP contribution in [0, 0.1) is 0 Å². The molecular weight excluding hydrogens is 249 g/mol. The lowest BCUT2D eigenvalue weighted by Gasteiger charge is -2.16. The quantitative estimate of drug-likeness (QED) is 0.858. The van der Waals surface area contributed by atoms with Gasteiger partial charge in [-0.05, 0) is 24.0 Å². The fraction of sp³-hybridized carbons (Fsp3) is 0.667. The first-order valence-corrected chi connectivity index (χ1v) is 6.26. The van der Waals surface area contributed by atoms with E-state index in [9.17, 15) is 18.3 Å². The van der Waals surface area contributed by atoms with E-state index < -0.39 is 18.7 Å². The summed E-state index contributed by atoms with van der Waals surface area (Å²) >= 11 is 1.38. The Morgan fingerprint density at radius 3 is 2.24 bits per heavy atom. The van der Waals surface area contributed by atoms with Gasteiger partial charge in [-0.3, -0.25) is 0 Å². The smallest absolute Gasteiger partial charge is 0.388 e. The fourth-order valence-electron chi connectivity index (χ4n) is 1.38. The molecule has 5 heteroatoms. The molecule has 1 rings (SSSR count). The summed E-state index contributed by atoms with van der Waals surface area (Å²) in [5.74, 6) is 0. The van der Waals surface area contributed by atoms with Crippen LogP contribution in [-0.4, -0.2) is 11.3 Å². The molecule has 1 nitrogen and oxygen atoms in total. The van der Waals surface area contributed by atoms with Gasteiger partial charge in [0.15, 0.2) is 0 Å². The zero-order valence-corrected chi connectivity index (χ0v) is 11.0. The first-order chi connectivity index (χ1) is 7.59. The van der Waals surface area contributed by atoms with E-state index in [1.165, 1.54) is 11.3 Å². The number of alkyl halides is 3. The van der Waals surface area contributed by atoms with Gasteiger partial charge in [-0.2, -0.15) is 13.2 Å². The van der Waals surface area contributed by atoms with E-state index in [-0.39, 0.29) is 11.8 Å². The summed E-state index contributed by atoms with van der Waals surface area (Å²) in [6.45, 7) is 6.10. The number of halogens is 3. The Kier molecular flexibility index (Phi) is 4.25. The van der Waals surface area contributed by atoms with Crippen LogP contribution in [0.25, 0.3) is 0 Å². The molecular formula is C12H17F3OS. The van der Waals surface area contributed by atoms with E-state index >= 15 is 0 Å². The van der Waals surface area contributed by atoms with E-state index in [0.717, 1.165) is 4.88 Å². The van der Waals surface area contributed by atoms with Gasteiger partial charge < -0.3 is 5.11 Å². The van der Waals surface area contributed by atoms with Crippen LogP contribution in [0.5, 0.6) is 0 Å². The molecule has 0 amide bonds. The fourth-order valence-corrected chi connectivity index (χ4v) is 2.46. The molecule has 0 aromatic carbocycles. The van der Waals surface area contributed by atoms with E-state index in [2.05, 4.69) is 0 Å². The van der Waals surface area contributed by atoms with E-state index in [0.29, 0.717) is 4.88 Å². The van der Waals surface area contributed by atoms with Crippen molar-refractivity contribution >= 4 is 11.3 Å². The van der Waals surface area contributed by atoms with Crippen LogP contribution in [-0.2, 0) is 5.41 Å². The minimum absolute atomic E-state index is 0.0351. The molecule has 0 spiro atoms. The van der Waals surface area contributed by atoms with Crippen LogP contribution >= 0.6 is 11.3 Å². The van der Waals surface area contributed by atoms with Crippen molar-refractivity contribution in [3.63, 3.8) is 0 Å². The molecule has 1 aromatic rings. The maximum atomic E-state index is 12.0. The van der Waals surface area contributed by atoms with E-state index in [1.807, 2.05) is 26.8 Å². The van der Waals surface area contributed by atoms with Gasteiger partial charge in [-0.1, -0.05) is 20.8 Å². The molecule has 0 bridgehead atoms. The van der Waals surface area contributed by atoms with Gasteiger partial charge in [-0.15, -0.1) is 11.3 Å². The molecule has 0 radical (unpaired) electrons. The van der Waals surface area contributed by atoms with Gasteiger partial charge in [0, 0.05) is 16.2 Å². The maximum absolute atomic E-state index is 12.0. The highest BCUT2D eigenvalue weighted by atomic mass is 32.1. The van der Waals surface area contributed by atoms with Crippen molar-refractivity contribution in [1.29, 1.82) is 0 Å². The molecule has 17 heavy (non-hydrogen) atoms. The molecule has 1 heterocycles. The van der Waals surface area contributed by atoms with E-state index in [1.54, 1.807) is 6.07 Å². The second-order valence-corrected chi connectivity index (χ2v) is 6.24. The predicted octanol–water partition coefficient (Wildman–Crippen LogP) is 4.42. The summed E-state index contributed by atoms with van der Waals surface area (Å²) in [5.41, 5.74) is -0.0351. The normalized spacial score (nSPS) is 15.0. The largest absolute Gasteiger partial charge is 0.389 e. The Labute approximate surface area is 103 Å². The first kappa shape index (κ1) is 14.5. The third-order valence-corrected chi connectivity index (χ3v) is 4.01. The highest BCUT2D eigenvalue weighted by molar-refractivity contribution is 7.12. The van der Waals surface area contributed by atoms with Gasteiger partial charge in [0.25, 0.3) is 0 Å². The Morgan fingerprint density at radius 1 is 1.24 bits per heavy atom. The minimum atomic E-state index is -4.20. The van der Waals surface area contributed by atoms with Crippen molar-refractivity contribution in [2.75, 3.05) is 0 Å². The van der Waals surface area contributed by atoms with Gasteiger partial charge in [0.05, 0.1) is 6.10 Å². The van der Waals surface area contributed by atoms with Gasteiger partial charge >= 0.3 is 6.18 Å². The summed E-state index contributed by atoms with van der Waals surface area (Å²) in [5, 5.41) is 9.67. The lowest BCUT2D eigenvalue weighted by molar-refractivity contribution is -0.140. The number of rotatable bonds is 3. The predicted molar refractivity (Wildman–Crippen MR) is 63.3 cm³/mol. The molecule has 0 aliphatic heterocycles. The molecule has 1 atom stereocenters. The SMILES string of the molecule is CC(C)(C)c1ccc(C(O)CCC(F)(F)F)s1. The van der Waals surface area contributed by atoms with Crippen molar-refractivity contribution in [1.82, 2.24) is 0 Å². The van der Waals surface area contributed by atoms with Gasteiger partial charge in [0.1, 0.15) is 0 Å². The standard InChI is InChI=1S/C12H17F3OS/c1-11(2,3)10-5-4-9(17-10)8(16)6-7-12(13,14)15/h4-5,8,16H,6-7H2,1-3H3. The first-order valence-electron chi connectivity index (χ1n) is 5.44. The summed E-state index contributed by atoms with van der Waals surface area (Å²) in [6, 6.07) is 3.59. The van der Waals surface area contributed by atoms with Crippen LogP contribution in [0.1, 0.15) is 49.5 Å². The summed E-state index contributed by atoms with van der Waals surface area (Å²) in [7, 11) is 0. The number of hydrogen-bond acceptors (Lipinski definition) is 2. The van der Waals surface area contributed by atoms with Crippen molar-refractivity contribution in [3.8, 4) is 0 Å². The van der Waals surface area contributed by atoms with Crippen LogP contribution < -0.4 is 0 Å². The lowest BCUT2D eigenvalue weighted by atomic mass is 9.95. The topological polar surface area (TPSA) is 20.2 Å². The number of aliphatic hydroxyl groups excluding tert-OH is 1. The van der Waals surface area contributed by atoms with Crippen molar-refractivity contribution in [2.45, 2.75) is 51.3 Å². The van der Waals surface area contributed by atoms with Crippen molar-refractivity contribution in [3.05, 3.63) is 21.9 Å². The van der Waals surface area contributed by atoms with Crippen LogP contribution in [0.4, 0.5) is 13.2 Å². The second-order valence-electron chi connectivity index (χ2n) is 5.12. The number of thiophene rings is 1.